The maximum atomic E-state index is 13.8. The summed E-state index contributed by atoms with van der Waals surface area (Å²) >= 11 is 0. The molecule has 2 aromatic rings. The zero-order valence-corrected chi connectivity index (χ0v) is 55.3. The molecule has 2 aromatic carbocycles. The Morgan fingerprint density at radius 2 is 0.879 bits per heavy atom. The number of aryl methyl sites for hydroxylation is 1. The number of carboxylic acid groups (broad SMARTS) is 1. The quantitative estimate of drug-likeness (QED) is 0.0197. The van der Waals surface area contributed by atoms with Gasteiger partial charge in [-0.2, -0.15) is 8.78 Å². The lowest BCUT2D eigenvalue weighted by molar-refractivity contribution is -0.160. The van der Waals surface area contributed by atoms with Gasteiger partial charge in [0.2, 0.25) is 23.3 Å². The van der Waals surface area contributed by atoms with Crippen molar-refractivity contribution in [2.75, 3.05) is 138 Å². The van der Waals surface area contributed by atoms with Gasteiger partial charge >= 0.3 is 35.8 Å². The fourth-order valence-corrected chi connectivity index (χ4v) is 9.07. The Bertz CT molecular complexity index is 2570. The third-order valence-corrected chi connectivity index (χ3v) is 13.0. The maximum absolute atomic E-state index is 13.8. The van der Waals surface area contributed by atoms with Gasteiger partial charge in [0.25, 0.3) is 0 Å². The van der Waals surface area contributed by atoms with Crippen molar-refractivity contribution >= 4 is 41.7 Å². The normalized spacial score (nSPS) is 15.8. The number of amides is 1. The van der Waals surface area contributed by atoms with E-state index in [-0.39, 0.29) is 111 Å². The summed E-state index contributed by atoms with van der Waals surface area (Å²) < 4.78 is 108. The molecule has 0 aliphatic carbocycles. The molecule has 3 rings (SSSR count). The minimum atomic E-state index is -1.83. The molecule has 27 heteroatoms. The van der Waals surface area contributed by atoms with Gasteiger partial charge < -0.3 is 57.8 Å². The predicted molar refractivity (Wildman–Crippen MR) is 326 cm³/mol. The lowest BCUT2D eigenvalue weighted by Gasteiger charge is -2.39. The Kier molecular flexibility index (Phi) is 34.5. The highest BCUT2D eigenvalue weighted by Gasteiger charge is 2.32. The number of carbonyl (C=O) groups excluding carboxylic acids is 6. The number of nitrogens with one attached hydrogen (secondary N) is 1. The van der Waals surface area contributed by atoms with Crippen molar-refractivity contribution in [1.82, 2.24) is 24.9 Å². The summed E-state index contributed by atoms with van der Waals surface area (Å²) in [6.07, 6.45) is 1.02. The first-order valence-electron chi connectivity index (χ1n) is 30.9. The van der Waals surface area contributed by atoms with Crippen molar-refractivity contribution in [3.8, 4) is 5.75 Å². The average Bonchev–Trinajstić information content (AvgIpc) is 1.14. The third-order valence-electron chi connectivity index (χ3n) is 13.0. The van der Waals surface area contributed by atoms with Crippen LogP contribution in [0.4, 0.5) is 17.6 Å². The van der Waals surface area contributed by atoms with E-state index in [4.69, 9.17) is 42.6 Å². The van der Waals surface area contributed by atoms with Gasteiger partial charge in [-0.25, -0.2) is 13.6 Å². The standard InChI is InChI=1S/C64H99F4N5O18/c1-61(2,3)88-53(76)41-70-22-23-71(42-54(77)89-62(4,5)6)26-27-73(44-56(79)91-64(10,11)12)47(40-72(25-24-70)43-55(78)90-63(7,8)9)38-46-18-16-45(17-19-46)14-13-15-50(60(80)81)69-51(74)20-28-82-30-32-84-34-36-86-37-35-85-33-31-83-29-21-52(75)87-59-57(67)48(65)39-49(66)58(59)68/h16-19,39,47,50H,13-15,20-38,40-44H2,1-12H3,(H,69,74)(H,80,81)/t47-,50-/m0/s1. The van der Waals surface area contributed by atoms with Crippen LogP contribution >= 0.6 is 0 Å². The van der Waals surface area contributed by atoms with E-state index in [2.05, 4.69) is 10.1 Å². The predicted octanol–water partition coefficient (Wildman–Crippen LogP) is 6.10. The van der Waals surface area contributed by atoms with E-state index in [1.54, 1.807) is 83.1 Å². The molecule has 1 fully saturated rings. The Labute approximate surface area is 533 Å². The van der Waals surface area contributed by atoms with Gasteiger partial charge in [-0.05, 0) is 120 Å². The highest BCUT2D eigenvalue weighted by molar-refractivity contribution is 5.83. The summed E-state index contributed by atoms with van der Waals surface area (Å²) in [5.74, 6) is -13.1. The van der Waals surface area contributed by atoms with Crippen LogP contribution in [0.2, 0.25) is 0 Å². The molecule has 0 unspecified atom stereocenters. The topological polar surface area (TPSA) is 257 Å². The number of hydrogen-bond donors (Lipinski definition) is 2. The van der Waals surface area contributed by atoms with Gasteiger partial charge in [-0.1, -0.05) is 24.3 Å². The van der Waals surface area contributed by atoms with Gasteiger partial charge in [-0.15, -0.1) is 0 Å². The molecular weight excluding hydrogens is 1200 g/mol. The minimum Gasteiger partial charge on any atom is -0.480 e. The van der Waals surface area contributed by atoms with Crippen LogP contribution in [-0.2, 0) is 89.0 Å². The molecule has 2 atom stereocenters. The van der Waals surface area contributed by atoms with E-state index in [0.717, 1.165) is 11.1 Å². The maximum Gasteiger partial charge on any atom is 0.326 e. The summed E-state index contributed by atoms with van der Waals surface area (Å²) in [5, 5.41) is 12.6. The Balaban J connectivity index is 1.54. The van der Waals surface area contributed by atoms with Crippen LogP contribution in [0.25, 0.3) is 0 Å². The molecule has 1 heterocycles. The molecule has 23 nitrogen and oxygen atoms in total. The Hall–Kier alpha value is -5.91. The van der Waals surface area contributed by atoms with Gasteiger partial charge in [0, 0.05) is 64.3 Å². The number of carboxylic acids is 1. The van der Waals surface area contributed by atoms with Crippen LogP contribution in [0.1, 0.15) is 120 Å². The fourth-order valence-electron chi connectivity index (χ4n) is 9.07. The molecule has 1 saturated heterocycles. The zero-order valence-electron chi connectivity index (χ0n) is 55.3. The van der Waals surface area contributed by atoms with E-state index >= 15 is 0 Å². The minimum absolute atomic E-state index is 0.00119. The number of aliphatic carboxylic acids is 1. The zero-order chi connectivity index (χ0) is 68.0. The number of ether oxygens (including phenoxy) is 10. The third kappa shape index (κ3) is 36.2. The smallest absolute Gasteiger partial charge is 0.326 e. The summed E-state index contributed by atoms with van der Waals surface area (Å²) in [7, 11) is 0. The van der Waals surface area contributed by atoms with E-state index in [1.807, 2.05) is 43.9 Å². The molecule has 91 heavy (non-hydrogen) atoms. The summed E-state index contributed by atoms with van der Waals surface area (Å²) in [6.45, 7) is 25.0. The average molecular weight is 1300 g/mol. The molecule has 0 bridgehead atoms. The molecule has 1 amide bonds. The number of halogens is 4. The van der Waals surface area contributed by atoms with Crippen molar-refractivity contribution < 1.29 is 104 Å². The molecule has 0 aromatic heterocycles. The van der Waals surface area contributed by atoms with Crippen molar-refractivity contribution in [3.63, 3.8) is 0 Å². The largest absolute Gasteiger partial charge is 0.480 e. The van der Waals surface area contributed by atoms with Crippen LogP contribution in [0, 0.1) is 23.3 Å². The van der Waals surface area contributed by atoms with Crippen molar-refractivity contribution in [1.29, 1.82) is 0 Å². The van der Waals surface area contributed by atoms with Gasteiger partial charge in [0.1, 0.15) is 28.4 Å². The number of carbonyl (C=O) groups is 7. The first-order chi connectivity index (χ1) is 42.5. The second-order valence-electron chi connectivity index (χ2n) is 26.0. The van der Waals surface area contributed by atoms with Crippen molar-refractivity contribution in [2.24, 2.45) is 0 Å². The summed E-state index contributed by atoms with van der Waals surface area (Å²) in [6, 6.07) is 6.33. The molecule has 0 radical (unpaired) electrons. The lowest BCUT2D eigenvalue weighted by atomic mass is 9.99. The number of esters is 5. The SMILES string of the molecule is CC(C)(C)OC(=O)CN1CCN(CC(=O)OC(C)(C)C)CCN(CC(=O)OC(C)(C)C)[C@@H](Cc2ccc(CCC[C@H](NC(=O)CCOCCOCCOCCOCCOCCC(=O)Oc3c(F)c(F)cc(F)c3F)C(=O)O)cc2)CN(CC(=O)OC(C)(C)C)CC1. The molecule has 0 spiro atoms. The first-order valence-corrected chi connectivity index (χ1v) is 30.9. The summed E-state index contributed by atoms with van der Waals surface area (Å²) in [5.41, 5.74) is -1.15. The van der Waals surface area contributed by atoms with E-state index in [0.29, 0.717) is 65.1 Å². The number of nitrogens with zero attached hydrogens (tertiary/aromatic N) is 4. The van der Waals surface area contributed by atoms with E-state index < -0.39 is 112 Å². The van der Waals surface area contributed by atoms with Crippen LogP contribution in [-0.4, -0.2) is 239 Å². The summed E-state index contributed by atoms with van der Waals surface area (Å²) in [4.78, 5) is 98.8. The van der Waals surface area contributed by atoms with Gasteiger partial charge in [0.05, 0.1) is 98.7 Å². The monoisotopic (exact) mass is 1300 g/mol. The van der Waals surface area contributed by atoms with Gasteiger partial charge in [0.15, 0.2) is 11.6 Å². The number of benzene rings is 2. The molecule has 2 N–H and O–H groups in total. The van der Waals surface area contributed by atoms with Crippen molar-refractivity contribution in [2.45, 2.75) is 156 Å². The first kappa shape index (κ1) is 79.3. The lowest BCUT2D eigenvalue weighted by Crippen LogP contribution is -2.54. The van der Waals surface area contributed by atoms with Crippen LogP contribution in [0.5, 0.6) is 5.75 Å². The highest BCUT2D eigenvalue weighted by Crippen LogP contribution is 2.27. The van der Waals surface area contributed by atoms with Crippen LogP contribution in [0.3, 0.4) is 0 Å². The van der Waals surface area contributed by atoms with E-state index in [9.17, 15) is 56.2 Å². The molecule has 1 aliphatic heterocycles. The molecule has 0 saturated carbocycles. The molecular formula is C64H99F4N5O18. The van der Waals surface area contributed by atoms with Crippen LogP contribution in [0.15, 0.2) is 30.3 Å². The Morgan fingerprint density at radius 3 is 1.31 bits per heavy atom. The van der Waals surface area contributed by atoms with Crippen LogP contribution < -0.4 is 10.1 Å². The van der Waals surface area contributed by atoms with Crippen molar-refractivity contribution in [3.05, 3.63) is 64.7 Å². The highest BCUT2D eigenvalue weighted by atomic mass is 19.2. The second kappa shape index (κ2) is 39.6. The number of hydrogen-bond acceptors (Lipinski definition) is 21. The molecule has 516 valence electrons. The molecule has 1 aliphatic rings. The second-order valence-corrected chi connectivity index (χ2v) is 26.0. The fraction of sp³-hybridized carbons (Fsp3) is 0.703. The van der Waals surface area contributed by atoms with Gasteiger partial charge in [-0.3, -0.25) is 48.4 Å². The number of rotatable bonds is 35. The Morgan fingerprint density at radius 1 is 0.505 bits per heavy atom. The van der Waals surface area contributed by atoms with E-state index in [1.165, 1.54) is 0 Å².